The number of carbonyl (C=O) groups excluding carboxylic acids is 1. The lowest BCUT2D eigenvalue weighted by Gasteiger charge is -2.38. The number of carbonyl (C=O) groups is 1. The van der Waals surface area contributed by atoms with Crippen LogP contribution in [0.3, 0.4) is 0 Å². The van der Waals surface area contributed by atoms with E-state index in [1.165, 1.54) is 25.7 Å². The average molecular weight is 268 g/mol. The van der Waals surface area contributed by atoms with E-state index in [2.05, 4.69) is 27.7 Å². The highest BCUT2D eigenvalue weighted by atomic mass is 16.5. The van der Waals surface area contributed by atoms with E-state index in [1.807, 2.05) is 0 Å². The van der Waals surface area contributed by atoms with E-state index in [4.69, 9.17) is 4.74 Å². The molecule has 19 heavy (non-hydrogen) atoms. The molecule has 112 valence electrons. The summed E-state index contributed by atoms with van der Waals surface area (Å²) in [4.78, 5) is 11.2. The Labute approximate surface area is 119 Å². The Morgan fingerprint density at radius 2 is 2.00 bits per heavy atom. The maximum Gasteiger partial charge on any atom is 0.148 e. The summed E-state index contributed by atoms with van der Waals surface area (Å²) in [7, 11) is 0. The van der Waals surface area contributed by atoms with Crippen molar-refractivity contribution in [1.29, 1.82) is 0 Å². The second kappa shape index (κ2) is 8.73. The Bertz CT molecular complexity index is 250. The quantitative estimate of drug-likeness (QED) is 0.474. The molecule has 4 unspecified atom stereocenters. The van der Waals surface area contributed by atoms with Crippen LogP contribution in [0.5, 0.6) is 0 Å². The minimum Gasteiger partial charge on any atom is -0.367 e. The van der Waals surface area contributed by atoms with E-state index in [-0.39, 0.29) is 6.10 Å². The van der Waals surface area contributed by atoms with Crippen LogP contribution in [-0.2, 0) is 9.53 Å². The topological polar surface area (TPSA) is 26.3 Å². The van der Waals surface area contributed by atoms with Gasteiger partial charge in [-0.05, 0) is 37.0 Å². The maximum atomic E-state index is 11.2. The van der Waals surface area contributed by atoms with Crippen molar-refractivity contribution in [3.63, 3.8) is 0 Å². The predicted molar refractivity (Wildman–Crippen MR) is 80.2 cm³/mol. The van der Waals surface area contributed by atoms with Gasteiger partial charge in [0, 0.05) is 0 Å². The van der Waals surface area contributed by atoms with E-state index >= 15 is 0 Å². The molecule has 0 radical (unpaired) electrons. The third-order valence-electron chi connectivity index (χ3n) is 4.55. The first-order chi connectivity index (χ1) is 9.08. The highest BCUT2D eigenvalue weighted by molar-refractivity contribution is 5.55. The lowest BCUT2D eigenvalue weighted by atomic mass is 9.75. The van der Waals surface area contributed by atoms with Crippen LogP contribution in [0.15, 0.2) is 0 Å². The van der Waals surface area contributed by atoms with Gasteiger partial charge in [-0.3, -0.25) is 0 Å². The summed E-state index contributed by atoms with van der Waals surface area (Å²) in [6.45, 7) is 9.06. The molecule has 2 nitrogen and oxygen atoms in total. The van der Waals surface area contributed by atoms with Crippen molar-refractivity contribution < 1.29 is 9.53 Å². The molecule has 2 heteroatoms. The van der Waals surface area contributed by atoms with Crippen molar-refractivity contribution in [3.8, 4) is 0 Å². The summed E-state index contributed by atoms with van der Waals surface area (Å²) in [5.74, 6) is 2.02. The third kappa shape index (κ3) is 5.64. The smallest absolute Gasteiger partial charge is 0.148 e. The van der Waals surface area contributed by atoms with Gasteiger partial charge in [0.1, 0.15) is 12.4 Å². The minimum absolute atomic E-state index is 0.178. The van der Waals surface area contributed by atoms with Gasteiger partial charge in [-0.15, -0.1) is 0 Å². The Morgan fingerprint density at radius 1 is 1.26 bits per heavy atom. The number of ether oxygens (including phenoxy) is 1. The largest absolute Gasteiger partial charge is 0.367 e. The van der Waals surface area contributed by atoms with Crippen molar-refractivity contribution in [2.45, 2.75) is 84.8 Å². The monoisotopic (exact) mass is 268 g/mol. The summed E-state index contributed by atoms with van der Waals surface area (Å²) in [5, 5.41) is 0. The molecule has 1 fully saturated rings. The summed E-state index contributed by atoms with van der Waals surface area (Å²) in [5.41, 5.74) is 0. The van der Waals surface area contributed by atoms with E-state index in [0.717, 1.165) is 31.5 Å². The van der Waals surface area contributed by atoms with Gasteiger partial charge in [0.2, 0.25) is 0 Å². The zero-order valence-electron chi connectivity index (χ0n) is 13.2. The zero-order valence-corrected chi connectivity index (χ0v) is 13.2. The van der Waals surface area contributed by atoms with Crippen molar-refractivity contribution in [3.05, 3.63) is 0 Å². The van der Waals surface area contributed by atoms with Crippen molar-refractivity contribution in [2.75, 3.05) is 0 Å². The molecule has 0 aromatic carbocycles. The van der Waals surface area contributed by atoms with E-state index in [0.29, 0.717) is 17.9 Å². The SMILES string of the molecule is CCCCCC(C=O)OC1CC(C)CCC1C(C)C. The Kier molecular flexibility index (Phi) is 7.67. The first-order valence-corrected chi connectivity index (χ1v) is 8.19. The summed E-state index contributed by atoms with van der Waals surface area (Å²) >= 11 is 0. The molecule has 0 aliphatic heterocycles. The van der Waals surface area contributed by atoms with Crippen LogP contribution in [-0.4, -0.2) is 18.5 Å². The molecule has 0 aromatic rings. The van der Waals surface area contributed by atoms with Gasteiger partial charge in [-0.25, -0.2) is 0 Å². The molecule has 1 saturated carbocycles. The molecule has 1 aliphatic rings. The second-order valence-corrected chi connectivity index (χ2v) is 6.67. The number of hydrogen-bond donors (Lipinski definition) is 0. The van der Waals surface area contributed by atoms with Crippen LogP contribution in [0.25, 0.3) is 0 Å². The molecule has 0 N–H and O–H groups in total. The molecule has 4 atom stereocenters. The molecule has 0 spiro atoms. The maximum absolute atomic E-state index is 11.2. The molecule has 0 saturated heterocycles. The Hall–Kier alpha value is -0.370. The van der Waals surface area contributed by atoms with Crippen LogP contribution in [0.4, 0.5) is 0 Å². The lowest BCUT2D eigenvalue weighted by molar-refractivity contribution is -0.130. The fraction of sp³-hybridized carbons (Fsp3) is 0.941. The van der Waals surface area contributed by atoms with E-state index in [9.17, 15) is 4.79 Å². The second-order valence-electron chi connectivity index (χ2n) is 6.67. The van der Waals surface area contributed by atoms with Gasteiger partial charge >= 0.3 is 0 Å². The fourth-order valence-electron chi connectivity index (χ4n) is 3.26. The normalized spacial score (nSPS) is 29.4. The van der Waals surface area contributed by atoms with Crippen LogP contribution >= 0.6 is 0 Å². The number of hydrogen-bond acceptors (Lipinski definition) is 2. The molecular weight excluding hydrogens is 236 g/mol. The molecule has 1 rings (SSSR count). The fourth-order valence-corrected chi connectivity index (χ4v) is 3.26. The predicted octanol–water partition coefficient (Wildman–Crippen LogP) is 4.61. The van der Waals surface area contributed by atoms with Crippen molar-refractivity contribution in [1.82, 2.24) is 0 Å². The van der Waals surface area contributed by atoms with Gasteiger partial charge in [-0.1, -0.05) is 53.4 Å². The summed E-state index contributed by atoms with van der Waals surface area (Å²) < 4.78 is 6.16. The average Bonchev–Trinajstić information content (AvgIpc) is 2.37. The number of aldehydes is 1. The van der Waals surface area contributed by atoms with Gasteiger partial charge in [0.25, 0.3) is 0 Å². The van der Waals surface area contributed by atoms with Crippen LogP contribution in [0.2, 0.25) is 0 Å². The molecule has 0 aromatic heterocycles. The van der Waals surface area contributed by atoms with E-state index in [1.54, 1.807) is 0 Å². The molecule has 1 aliphatic carbocycles. The first kappa shape index (κ1) is 16.7. The van der Waals surface area contributed by atoms with Gasteiger partial charge in [0.15, 0.2) is 0 Å². The van der Waals surface area contributed by atoms with Crippen LogP contribution in [0, 0.1) is 17.8 Å². The first-order valence-electron chi connectivity index (χ1n) is 8.19. The Morgan fingerprint density at radius 3 is 2.58 bits per heavy atom. The van der Waals surface area contributed by atoms with Gasteiger partial charge in [0.05, 0.1) is 6.10 Å². The highest BCUT2D eigenvalue weighted by Gasteiger charge is 2.32. The molecule has 0 heterocycles. The standard InChI is InChI=1S/C17H32O2/c1-5-6-7-8-15(12-18)19-17-11-14(4)9-10-16(17)13(2)3/h12-17H,5-11H2,1-4H3. The molecule has 0 bridgehead atoms. The Balaban J connectivity index is 2.50. The number of rotatable bonds is 8. The summed E-state index contributed by atoms with van der Waals surface area (Å²) in [6, 6.07) is 0. The summed E-state index contributed by atoms with van der Waals surface area (Å²) in [6.07, 6.45) is 9.22. The third-order valence-corrected chi connectivity index (χ3v) is 4.55. The van der Waals surface area contributed by atoms with Crippen LogP contribution in [0.1, 0.15) is 72.6 Å². The van der Waals surface area contributed by atoms with E-state index < -0.39 is 0 Å². The molecular formula is C17H32O2. The van der Waals surface area contributed by atoms with Crippen LogP contribution < -0.4 is 0 Å². The highest BCUT2D eigenvalue weighted by Crippen LogP contribution is 2.36. The number of unbranched alkanes of at least 4 members (excludes halogenated alkanes) is 2. The minimum atomic E-state index is -0.178. The van der Waals surface area contributed by atoms with Crippen molar-refractivity contribution in [2.24, 2.45) is 17.8 Å². The van der Waals surface area contributed by atoms with Gasteiger partial charge in [-0.2, -0.15) is 0 Å². The van der Waals surface area contributed by atoms with Gasteiger partial charge < -0.3 is 9.53 Å². The lowest BCUT2D eigenvalue weighted by Crippen LogP contribution is -2.37. The zero-order chi connectivity index (χ0) is 14.3. The van der Waals surface area contributed by atoms with Crippen molar-refractivity contribution >= 4 is 6.29 Å². The molecule has 0 amide bonds.